The van der Waals surface area contributed by atoms with Crippen molar-refractivity contribution in [2.75, 3.05) is 31.6 Å². The Labute approximate surface area is 245 Å². The van der Waals surface area contributed by atoms with E-state index >= 15 is 0 Å². The number of fused-ring (bicyclic) bond motifs is 1. The molecule has 3 rings (SSSR count). The normalized spacial score (nSPS) is 15.2. The Balaban J connectivity index is 1.46. The van der Waals surface area contributed by atoms with Crippen LogP contribution in [0.5, 0.6) is 5.75 Å². The number of alkyl halides is 5. The summed E-state index contributed by atoms with van der Waals surface area (Å²) in [5.74, 6) is -7.00. The maximum atomic E-state index is 14.1. The second-order valence-corrected chi connectivity index (χ2v) is 12.6. The number of aryl methyl sites for hydroxylation is 1. The highest BCUT2D eigenvalue weighted by molar-refractivity contribution is 7.84. The van der Waals surface area contributed by atoms with Gasteiger partial charge in [0.1, 0.15) is 5.75 Å². The van der Waals surface area contributed by atoms with Gasteiger partial charge in [0.15, 0.2) is 11.6 Å². The van der Waals surface area contributed by atoms with Crippen molar-refractivity contribution >= 4 is 21.9 Å². The number of phenolic OH excluding ortho intramolecular Hbond substituents is 1. The maximum absolute atomic E-state index is 14.1. The van der Waals surface area contributed by atoms with E-state index in [9.17, 15) is 40.0 Å². The van der Waals surface area contributed by atoms with Gasteiger partial charge in [-0.3, -0.25) is 4.21 Å². The fraction of sp³-hybridized carbons (Fsp3) is 0.548. The molecule has 0 aliphatic heterocycles. The summed E-state index contributed by atoms with van der Waals surface area (Å²) in [5.41, 5.74) is 4.83. The van der Waals surface area contributed by atoms with Gasteiger partial charge in [0.2, 0.25) is 0 Å². The second kappa shape index (κ2) is 15.4. The van der Waals surface area contributed by atoms with E-state index in [1.807, 2.05) is 18.0 Å². The van der Waals surface area contributed by atoms with Gasteiger partial charge in [-0.15, -0.1) is 0 Å². The summed E-state index contributed by atoms with van der Waals surface area (Å²) in [4.78, 5) is 2.03. The predicted octanol–water partition coefficient (Wildman–Crippen LogP) is 8.53. The van der Waals surface area contributed by atoms with E-state index < -0.39 is 46.7 Å². The van der Waals surface area contributed by atoms with Gasteiger partial charge in [0, 0.05) is 28.7 Å². The number of halogens is 7. The first kappa shape index (κ1) is 34.1. The standard InChI is InChI=1S/C31H38F7NO2S/c1-39(17-7-18-42(41)19-15-30(34,35)31(36,37)38)16-5-3-2-4-9-27-25(23-11-14-28(32)29(33)21-23)10-6-8-22-20-24(40)12-13-26(22)27/h11-14,20-21,40H,2-10,15-19H2,1H3. The molecule has 0 saturated carbocycles. The molecule has 0 radical (unpaired) electrons. The van der Waals surface area contributed by atoms with Gasteiger partial charge >= 0.3 is 12.1 Å². The summed E-state index contributed by atoms with van der Waals surface area (Å²) in [6, 6.07) is 9.33. The first-order valence-electron chi connectivity index (χ1n) is 14.3. The van der Waals surface area contributed by atoms with Crippen LogP contribution in [0.15, 0.2) is 36.4 Å². The van der Waals surface area contributed by atoms with Gasteiger partial charge in [-0.05, 0) is 117 Å². The van der Waals surface area contributed by atoms with Crippen molar-refractivity contribution in [3.63, 3.8) is 0 Å². The predicted molar refractivity (Wildman–Crippen MR) is 153 cm³/mol. The molecular formula is C31H38F7NO2S. The van der Waals surface area contributed by atoms with E-state index in [0.29, 0.717) is 18.5 Å². The van der Waals surface area contributed by atoms with Crippen LogP contribution < -0.4 is 0 Å². The molecule has 2 aromatic rings. The highest BCUT2D eigenvalue weighted by atomic mass is 32.2. The minimum absolute atomic E-state index is 0.0763. The van der Waals surface area contributed by atoms with Crippen molar-refractivity contribution in [3.05, 3.63) is 64.7 Å². The minimum Gasteiger partial charge on any atom is -0.508 e. The molecule has 0 fully saturated rings. The first-order chi connectivity index (χ1) is 19.8. The molecule has 42 heavy (non-hydrogen) atoms. The zero-order valence-electron chi connectivity index (χ0n) is 23.7. The summed E-state index contributed by atoms with van der Waals surface area (Å²) in [7, 11) is 0.154. The average Bonchev–Trinajstić information content (AvgIpc) is 3.09. The highest BCUT2D eigenvalue weighted by Gasteiger charge is 2.56. The Kier molecular flexibility index (Phi) is 12.5. The van der Waals surface area contributed by atoms with E-state index in [-0.39, 0.29) is 11.5 Å². The smallest absolute Gasteiger partial charge is 0.453 e. The van der Waals surface area contributed by atoms with Crippen molar-refractivity contribution in [1.29, 1.82) is 0 Å². The molecule has 1 unspecified atom stereocenters. The van der Waals surface area contributed by atoms with E-state index in [2.05, 4.69) is 0 Å². The van der Waals surface area contributed by atoms with Gasteiger partial charge in [0.05, 0.1) is 0 Å². The number of benzene rings is 2. The Morgan fingerprint density at radius 3 is 2.29 bits per heavy atom. The van der Waals surface area contributed by atoms with Gasteiger partial charge in [-0.25, -0.2) is 8.78 Å². The monoisotopic (exact) mass is 621 g/mol. The molecule has 1 N–H and O–H groups in total. The zero-order valence-corrected chi connectivity index (χ0v) is 24.5. The zero-order chi connectivity index (χ0) is 30.9. The third-order valence-corrected chi connectivity index (χ3v) is 9.01. The van der Waals surface area contributed by atoms with Crippen molar-refractivity contribution < 1.29 is 40.0 Å². The van der Waals surface area contributed by atoms with E-state index in [1.165, 1.54) is 6.07 Å². The number of hydrogen-bond donors (Lipinski definition) is 1. The van der Waals surface area contributed by atoms with Crippen LogP contribution in [0.1, 0.15) is 74.5 Å². The van der Waals surface area contributed by atoms with Crippen molar-refractivity contribution in [1.82, 2.24) is 4.90 Å². The summed E-state index contributed by atoms with van der Waals surface area (Å²) >= 11 is 0. The van der Waals surface area contributed by atoms with Gasteiger partial charge in [-0.2, -0.15) is 22.0 Å². The number of hydrogen-bond acceptors (Lipinski definition) is 3. The fourth-order valence-electron chi connectivity index (χ4n) is 5.27. The number of unbranched alkanes of at least 4 members (excludes halogenated alkanes) is 3. The lowest BCUT2D eigenvalue weighted by molar-refractivity contribution is -0.282. The van der Waals surface area contributed by atoms with Crippen LogP contribution in [0.4, 0.5) is 30.7 Å². The molecule has 234 valence electrons. The molecule has 0 heterocycles. The quantitative estimate of drug-likeness (QED) is 0.160. The van der Waals surface area contributed by atoms with Gasteiger partial charge in [-0.1, -0.05) is 25.0 Å². The minimum atomic E-state index is -5.62. The Morgan fingerprint density at radius 1 is 0.857 bits per heavy atom. The summed E-state index contributed by atoms with van der Waals surface area (Å²) in [6.07, 6.45) is 0.0921. The van der Waals surface area contributed by atoms with Crippen LogP contribution in [0.2, 0.25) is 0 Å². The lowest BCUT2D eigenvalue weighted by Gasteiger charge is -2.19. The fourth-order valence-corrected chi connectivity index (χ4v) is 6.41. The lowest BCUT2D eigenvalue weighted by Crippen LogP contribution is -2.37. The van der Waals surface area contributed by atoms with Crippen LogP contribution in [-0.4, -0.2) is 58.0 Å². The maximum Gasteiger partial charge on any atom is 0.453 e. The highest BCUT2D eigenvalue weighted by Crippen LogP contribution is 2.40. The lowest BCUT2D eigenvalue weighted by atomic mass is 9.89. The van der Waals surface area contributed by atoms with E-state index in [4.69, 9.17) is 0 Å². The molecular weight excluding hydrogens is 583 g/mol. The number of allylic oxidation sites excluding steroid dienone is 2. The summed E-state index contributed by atoms with van der Waals surface area (Å²) in [6.45, 7) is 1.33. The van der Waals surface area contributed by atoms with E-state index in [0.717, 1.165) is 86.3 Å². The molecule has 0 amide bonds. The SMILES string of the molecule is CN(CCCCCCC1=C(c2ccc(F)c(F)c2)CCCc2cc(O)ccc21)CCCS(=O)CCC(F)(F)C(F)(F)F. The first-order valence-corrected chi connectivity index (χ1v) is 15.7. The molecule has 1 aliphatic carbocycles. The van der Waals surface area contributed by atoms with Crippen LogP contribution in [0, 0.1) is 11.6 Å². The topological polar surface area (TPSA) is 40.5 Å². The van der Waals surface area contributed by atoms with Crippen molar-refractivity contribution in [2.24, 2.45) is 0 Å². The molecule has 0 aromatic heterocycles. The number of phenols is 1. The second-order valence-electron chi connectivity index (χ2n) is 10.9. The Morgan fingerprint density at radius 2 is 1.57 bits per heavy atom. The van der Waals surface area contributed by atoms with E-state index in [1.54, 1.807) is 18.2 Å². The van der Waals surface area contributed by atoms with Gasteiger partial charge < -0.3 is 10.0 Å². The number of nitrogens with zero attached hydrogens (tertiary/aromatic N) is 1. The molecule has 1 atom stereocenters. The molecule has 3 nitrogen and oxygen atoms in total. The van der Waals surface area contributed by atoms with Crippen LogP contribution in [-0.2, 0) is 17.2 Å². The number of rotatable bonds is 15. The van der Waals surface area contributed by atoms with Crippen LogP contribution >= 0.6 is 0 Å². The third kappa shape index (κ3) is 9.82. The van der Waals surface area contributed by atoms with Gasteiger partial charge in [0.25, 0.3) is 0 Å². The Bertz CT molecular complexity index is 1250. The van der Waals surface area contributed by atoms with Crippen LogP contribution in [0.3, 0.4) is 0 Å². The van der Waals surface area contributed by atoms with Crippen molar-refractivity contribution in [3.8, 4) is 5.75 Å². The average molecular weight is 622 g/mol. The summed E-state index contributed by atoms with van der Waals surface area (Å²) < 4.78 is 102. The van der Waals surface area contributed by atoms with Crippen LogP contribution in [0.25, 0.3) is 11.1 Å². The molecule has 0 saturated heterocycles. The third-order valence-electron chi connectivity index (χ3n) is 7.61. The molecule has 0 spiro atoms. The number of aromatic hydroxyl groups is 1. The Hall–Kier alpha value is -2.40. The largest absolute Gasteiger partial charge is 0.508 e. The molecule has 0 bridgehead atoms. The molecule has 2 aromatic carbocycles. The van der Waals surface area contributed by atoms with Crippen molar-refractivity contribution in [2.45, 2.75) is 76.3 Å². The molecule has 1 aliphatic rings. The summed E-state index contributed by atoms with van der Waals surface area (Å²) in [5, 5.41) is 10.0. The molecule has 11 heteroatoms.